The molecular weight excluding hydrogens is 304 g/mol. The Morgan fingerprint density at radius 3 is 2.58 bits per heavy atom. The number of nitrogens with zero attached hydrogens (tertiary/aromatic N) is 2. The second-order valence-electron chi connectivity index (χ2n) is 5.89. The first-order valence-electron chi connectivity index (χ1n) is 7.88. The molecule has 0 bridgehead atoms. The minimum Gasteiger partial charge on any atom is -0.497 e. The van der Waals surface area contributed by atoms with Gasteiger partial charge in [-0.1, -0.05) is 31.2 Å². The highest BCUT2D eigenvalue weighted by Gasteiger charge is 2.17. The average molecular weight is 324 g/mol. The molecule has 1 atom stereocenters. The molecule has 24 heavy (non-hydrogen) atoms. The van der Waals surface area contributed by atoms with Gasteiger partial charge in [-0.05, 0) is 29.8 Å². The standard InChI is InChI=1S/C19H20N2O3/c1-13(19(22)23)12-21-17-6-4-3-5-16(17)20-18(21)11-14-7-9-15(24-2)10-8-14/h3-10,13H,11-12H2,1-2H3,(H,22,23)/t13-/m1/s1. The average Bonchev–Trinajstić information content (AvgIpc) is 2.93. The third kappa shape index (κ3) is 3.25. The Bertz CT molecular complexity index is 853. The van der Waals surface area contributed by atoms with Crippen LogP contribution >= 0.6 is 0 Å². The van der Waals surface area contributed by atoms with Gasteiger partial charge in [-0.2, -0.15) is 0 Å². The second-order valence-corrected chi connectivity index (χ2v) is 5.89. The van der Waals surface area contributed by atoms with Gasteiger partial charge in [0, 0.05) is 13.0 Å². The molecule has 5 heteroatoms. The van der Waals surface area contributed by atoms with Gasteiger partial charge in [0.2, 0.25) is 0 Å². The third-order valence-corrected chi connectivity index (χ3v) is 4.13. The number of carboxylic acid groups (broad SMARTS) is 1. The molecule has 0 aliphatic heterocycles. The van der Waals surface area contributed by atoms with E-state index in [2.05, 4.69) is 0 Å². The summed E-state index contributed by atoms with van der Waals surface area (Å²) in [5.41, 5.74) is 2.96. The quantitative estimate of drug-likeness (QED) is 0.755. The predicted molar refractivity (Wildman–Crippen MR) is 92.3 cm³/mol. The van der Waals surface area contributed by atoms with E-state index in [4.69, 9.17) is 9.72 Å². The molecule has 1 N–H and O–H groups in total. The van der Waals surface area contributed by atoms with Gasteiger partial charge in [-0.25, -0.2) is 4.98 Å². The van der Waals surface area contributed by atoms with Gasteiger partial charge in [-0.3, -0.25) is 4.79 Å². The molecule has 2 aromatic carbocycles. The molecule has 124 valence electrons. The Hall–Kier alpha value is -2.82. The molecule has 0 aliphatic carbocycles. The molecule has 0 aliphatic rings. The topological polar surface area (TPSA) is 64.4 Å². The number of fused-ring (bicyclic) bond motifs is 1. The van der Waals surface area contributed by atoms with E-state index in [1.165, 1.54) is 0 Å². The summed E-state index contributed by atoms with van der Waals surface area (Å²) in [5, 5.41) is 9.24. The molecule has 0 fully saturated rings. The largest absolute Gasteiger partial charge is 0.497 e. The fraction of sp³-hybridized carbons (Fsp3) is 0.263. The molecule has 0 radical (unpaired) electrons. The summed E-state index contributed by atoms with van der Waals surface area (Å²) in [6.45, 7) is 2.12. The van der Waals surface area contributed by atoms with Crippen LogP contribution in [0.15, 0.2) is 48.5 Å². The molecule has 5 nitrogen and oxygen atoms in total. The van der Waals surface area contributed by atoms with Crippen LogP contribution < -0.4 is 4.74 Å². The van der Waals surface area contributed by atoms with Crippen molar-refractivity contribution in [3.63, 3.8) is 0 Å². The van der Waals surface area contributed by atoms with Crippen molar-refractivity contribution < 1.29 is 14.6 Å². The SMILES string of the molecule is COc1ccc(Cc2nc3ccccc3n2C[C@@H](C)C(=O)O)cc1. The van der Waals surface area contributed by atoms with E-state index in [1.807, 2.05) is 53.1 Å². The second kappa shape index (κ2) is 6.74. The zero-order chi connectivity index (χ0) is 17.1. The summed E-state index contributed by atoms with van der Waals surface area (Å²) in [6.07, 6.45) is 0.644. The van der Waals surface area contributed by atoms with Crippen molar-refractivity contribution in [2.45, 2.75) is 19.9 Å². The number of carboxylic acids is 1. The van der Waals surface area contributed by atoms with E-state index in [9.17, 15) is 9.90 Å². The molecule has 3 aromatic rings. The lowest BCUT2D eigenvalue weighted by Gasteiger charge is -2.12. The maximum absolute atomic E-state index is 11.3. The first-order valence-corrected chi connectivity index (χ1v) is 7.88. The number of imidazole rings is 1. The monoisotopic (exact) mass is 324 g/mol. The summed E-state index contributed by atoms with van der Waals surface area (Å²) < 4.78 is 7.20. The van der Waals surface area contributed by atoms with Gasteiger partial charge in [0.15, 0.2) is 0 Å². The first kappa shape index (κ1) is 16.1. The van der Waals surface area contributed by atoms with Crippen LogP contribution in [0.25, 0.3) is 11.0 Å². The number of aromatic nitrogens is 2. The number of ether oxygens (including phenoxy) is 1. The van der Waals surface area contributed by atoms with E-state index in [1.54, 1.807) is 14.0 Å². The highest BCUT2D eigenvalue weighted by molar-refractivity contribution is 5.76. The van der Waals surface area contributed by atoms with E-state index in [-0.39, 0.29) is 0 Å². The van der Waals surface area contributed by atoms with Gasteiger partial charge in [-0.15, -0.1) is 0 Å². The number of carbonyl (C=O) groups is 1. The van der Waals surface area contributed by atoms with Gasteiger partial charge in [0.1, 0.15) is 11.6 Å². The Morgan fingerprint density at radius 1 is 1.21 bits per heavy atom. The zero-order valence-corrected chi connectivity index (χ0v) is 13.8. The van der Waals surface area contributed by atoms with Gasteiger partial charge >= 0.3 is 5.97 Å². The summed E-state index contributed by atoms with van der Waals surface area (Å²) in [6, 6.07) is 15.7. The normalized spacial score (nSPS) is 12.2. The lowest BCUT2D eigenvalue weighted by atomic mass is 10.1. The summed E-state index contributed by atoms with van der Waals surface area (Å²) >= 11 is 0. The van der Waals surface area contributed by atoms with E-state index in [0.29, 0.717) is 13.0 Å². The Kier molecular flexibility index (Phi) is 4.51. The lowest BCUT2D eigenvalue weighted by molar-refractivity contribution is -0.141. The Labute approximate surface area is 140 Å². The van der Waals surface area contributed by atoms with E-state index in [0.717, 1.165) is 28.2 Å². The number of para-hydroxylation sites is 2. The number of benzene rings is 2. The first-order chi connectivity index (χ1) is 11.6. The minimum atomic E-state index is -0.803. The van der Waals surface area contributed by atoms with E-state index >= 15 is 0 Å². The fourth-order valence-corrected chi connectivity index (χ4v) is 2.74. The zero-order valence-electron chi connectivity index (χ0n) is 13.8. The molecule has 0 spiro atoms. The Balaban J connectivity index is 1.97. The van der Waals surface area contributed by atoms with Crippen molar-refractivity contribution >= 4 is 17.0 Å². The minimum absolute atomic E-state index is 0.404. The summed E-state index contributed by atoms with van der Waals surface area (Å²) in [4.78, 5) is 16.0. The summed E-state index contributed by atoms with van der Waals surface area (Å²) in [7, 11) is 1.64. The third-order valence-electron chi connectivity index (χ3n) is 4.13. The molecule has 0 saturated heterocycles. The van der Waals surface area contributed by atoms with Crippen molar-refractivity contribution in [2.24, 2.45) is 5.92 Å². The van der Waals surface area contributed by atoms with Gasteiger partial charge in [0.25, 0.3) is 0 Å². The highest BCUT2D eigenvalue weighted by Crippen LogP contribution is 2.21. The molecule has 0 saturated carbocycles. The number of methoxy groups -OCH3 is 1. The number of hydrogen-bond acceptors (Lipinski definition) is 3. The maximum Gasteiger partial charge on any atom is 0.308 e. The van der Waals surface area contributed by atoms with Crippen molar-refractivity contribution in [1.29, 1.82) is 0 Å². The maximum atomic E-state index is 11.3. The lowest BCUT2D eigenvalue weighted by Crippen LogP contribution is -2.18. The van der Waals surface area contributed by atoms with Crippen LogP contribution in [-0.4, -0.2) is 27.7 Å². The van der Waals surface area contributed by atoms with Crippen molar-refractivity contribution in [2.75, 3.05) is 7.11 Å². The summed E-state index contributed by atoms with van der Waals surface area (Å²) in [5.74, 6) is 0.404. The smallest absolute Gasteiger partial charge is 0.308 e. The molecule has 1 heterocycles. The number of hydrogen-bond donors (Lipinski definition) is 1. The van der Waals surface area contributed by atoms with Crippen LogP contribution in [0.4, 0.5) is 0 Å². The molecule has 3 rings (SSSR count). The predicted octanol–water partition coefficient (Wildman–Crippen LogP) is 3.36. The van der Waals surface area contributed by atoms with Crippen molar-refractivity contribution in [1.82, 2.24) is 9.55 Å². The van der Waals surface area contributed by atoms with Crippen LogP contribution in [0.2, 0.25) is 0 Å². The fourth-order valence-electron chi connectivity index (χ4n) is 2.74. The molecular formula is C19H20N2O3. The highest BCUT2D eigenvalue weighted by atomic mass is 16.5. The van der Waals surface area contributed by atoms with Crippen LogP contribution in [0.3, 0.4) is 0 Å². The molecule has 0 amide bonds. The molecule has 0 unspecified atom stereocenters. The van der Waals surface area contributed by atoms with Crippen LogP contribution in [-0.2, 0) is 17.8 Å². The Morgan fingerprint density at radius 2 is 1.92 bits per heavy atom. The number of rotatable bonds is 6. The van der Waals surface area contributed by atoms with E-state index < -0.39 is 11.9 Å². The van der Waals surface area contributed by atoms with Crippen molar-refractivity contribution in [3.8, 4) is 5.75 Å². The molecule has 1 aromatic heterocycles. The van der Waals surface area contributed by atoms with Crippen LogP contribution in [0.5, 0.6) is 5.75 Å². The van der Waals surface area contributed by atoms with Crippen LogP contribution in [0, 0.1) is 5.92 Å². The van der Waals surface area contributed by atoms with Crippen molar-refractivity contribution in [3.05, 3.63) is 59.9 Å². The number of aliphatic carboxylic acids is 1. The van der Waals surface area contributed by atoms with Crippen LogP contribution in [0.1, 0.15) is 18.3 Å². The van der Waals surface area contributed by atoms with Gasteiger partial charge < -0.3 is 14.4 Å². The van der Waals surface area contributed by atoms with Gasteiger partial charge in [0.05, 0.1) is 24.1 Å².